The second kappa shape index (κ2) is 8.64. The molecular weight excluding hydrogens is 434 g/mol. The zero-order valence-corrected chi connectivity index (χ0v) is 19.0. The second-order valence-corrected chi connectivity index (χ2v) is 8.21. The maximum atomic E-state index is 13.4. The van der Waals surface area contributed by atoms with E-state index in [4.69, 9.17) is 13.9 Å². The van der Waals surface area contributed by atoms with Gasteiger partial charge in [-0.1, -0.05) is 6.07 Å². The minimum atomic E-state index is -0.411. The fourth-order valence-corrected chi connectivity index (χ4v) is 3.97. The molecule has 5 rings (SSSR count). The Labute approximate surface area is 195 Å². The Hall–Kier alpha value is -4.17. The van der Waals surface area contributed by atoms with E-state index in [2.05, 4.69) is 15.3 Å². The number of ether oxygens (including phenoxy) is 2. The van der Waals surface area contributed by atoms with E-state index < -0.39 is 5.91 Å². The molecule has 0 saturated heterocycles. The van der Waals surface area contributed by atoms with Gasteiger partial charge < -0.3 is 24.3 Å². The summed E-state index contributed by atoms with van der Waals surface area (Å²) in [5, 5.41) is 13.3. The number of amides is 1. The smallest absolute Gasteiger partial charge is 0.261 e. The number of pyridine rings is 1. The first kappa shape index (κ1) is 21.7. The van der Waals surface area contributed by atoms with E-state index >= 15 is 0 Å². The lowest BCUT2D eigenvalue weighted by Gasteiger charge is -2.10. The highest BCUT2D eigenvalue weighted by atomic mass is 16.7. The van der Waals surface area contributed by atoms with Crippen LogP contribution in [-0.4, -0.2) is 22.8 Å². The number of hydrogen-bond acceptors (Lipinski definition) is 7. The molecule has 0 radical (unpaired) electrons. The lowest BCUT2D eigenvalue weighted by molar-refractivity contribution is 0.102. The fourth-order valence-electron chi connectivity index (χ4n) is 3.97. The average molecular weight is 457 g/mol. The molecule has 0 spiro atoms. The van der Waals surface area contributed by atoms with Crippen LogP contribution in [0.1, 0.15) is 32.7 Å². The molecule has 8 heteroatoms. The molecule has 1 aliphatic heterocycles. The highest BCUT2D eigenvalue weighted by Gasteiger charge is 2.18. The summed E-state index contributed by atoms with van der Waals surface area (Å²) in [6, 6.07) is 12.7. The van der Waals surface area contributed by atoms with Gasteiger partial charge in [-0.15, -0.1) is 0 Å². The Morgan fingerprint density at radius 2 is 1.82 bits per heavy atom. The van der Waals surface area contributed by atoms with Crippen molar-refractivity contribution in [3.05, 3.63) is 82.2 Å². The molecule has 2 aromatic heterocycles. The number of carbonyl (C=O) groups excluding carboxylic acids is 1. The zero-order valence-electron chi connectivity index (χ0n) is 19.0. The monoisotopic (exact) mass is 457 g/mol. The summed E-state index contributed by atoms with van der Waals surface area (Å²) in [6.07, 6.45) is 1.58. The minimum absolute atomic E-state index is 0.145. The molecule has 4 aromatic rings. The number of aliphatic hydroxyl groups excluding tert-OH is 1. The molecule has 0 fully saturated rings. The van der Waals surface area contributed by atoms with Gasteiger partial charge in [-0.05, 0) is 62.2 Å². The predicted octanol–water partition coefficient (Wildman–Crippen LogP) is 4.46. The first-order chi connectivity index (χ1) is 16.4. The van der Waals surface area contributed by atoms with E-state index in [1.54, 1.807) is 37.4 Å². The van der Waals surface area contributed by atoms with Crippen LogP contribution in [0.4, 0.5) is 11.4 Å². The number of carbonyl (C=O) groups is 1. The molecule has 0 saturated carbocycles. The molecule has 34 heavy (non-hydrogen) atoms. The summed E-state index contributed by atoms with van der Waals surface area (Å²) < 4.78 is 16.9. The van der Waals surface area contributed by atoms with Gasteiger partial charge in [-0.2, -0.15) is 0 Å². The van der Waals surface area contributed by atoms with Crippen molar-refractivity contribution >= 4 is 28.3 Å². The Kier molecular flexibility index (Phi) is 5.51. The van der Waals surface area contributed by atoms with Gasteiger partial charge in [0, 0.05) is 28.9 Å². The van der Waals surface area contributed by atoms with Gasteiger partial charge in [0.05, 0.1) is 18.0 Å². The van der Waals surface area contributed by atoms with Crippen LogP contribution in [0.15, 0.2) is 58.1 Å². The summed E-state index contributed by atoms with van der Waals surface area (Å²) in [5.41, 5.74) is 5.33. The third kappa shape index (κ3) is 4.11. The molecule has 172 valence electrons. The van der Waals surface area contributed by atoms with E-state index in [0.29, 0.717) is 45.1 Å². The summed E-state index contributed by atoms with van der Waals surface area (Å²) >= 11 is 0. The zero-order chi connectivity index (χ0) is 23.8. The molecule has 8 nitrogen and oxygen atoms in total. The summed E-state index contributed by atoms with van der Waals surface area (Å²) in [5.74, 6) is 0.774. The van der Waals surface area contributed by atoms with E-state index in [0.717, 1.165) is 11.1 Å². The quantitative estimate of drug-likeness (QED) is 0.469. The minimum Gasteiger partial charge on any atom is -0.454 e. The van der Waals surface area contributed by atoms with Crippen molar-refractivity contribution in [2.75, 3.05) is 12.1 Å². The number of aromatic nitrogens is 1. The lowest BCUT2D eigenvalue weighted by Crippen LogP contribution is -2.22. The van der Waals surface area contributed by atoms with E-state index in [1.165, 1.54) is 0 Å². The van der Waals surface area contributed by atoms with Crippen molar-refractivity contribution in [2.45, 2.75) is 27.4 Å². The van der Waals surface area contributed by atoms with Crippen molar-refractivity contribution in [3.63, 3.8) is 0 Å². The molecule has 3 heterocycles. The average Bonchev–Trinajstić information content (AvgIpc) is 3.26. The van der Waals surface area contributed by atoms with Crippen LogP contribution in [0.2, 0.25) is 0 Å². The van der Waals surface area contributed by atoms with Crippen LogP contribution in [0.5, 0.6) is 11.5 Å². The van der Waals surface area contributed by atoms with Gasteiger partial charge >= 0.3 is 0 Å². The fraction of sp³-hybridized carbons (Fsp3) is 0.192. The number of nitrogens with one attached hydrogen (secondary N) is 1. The third-order valence-electron chi connectivity index (χ3n) is 5.53. The van der Waals surface area contributed by atoms with Crippen LogP contribution < -0.4 is 20.3 Å². The molecule has 0 unspecified atom stereocenters. The maximum Gasteiger partial charge on any atom is 0.261 e. The van der Waals surface area contributed by atoms with Crippen LogP contribution in [-0.2, 0) is 6.61 Å². The summed E-state index contributed by atoms with van der Waals surface area (Å²) in [4.78, 5) is 22.4. The van der Waals surface area contributed by atoms with Crippen LogP contribution >= 0.6 is 0 Å². The van der Waals surface area contributed by atoms with Gasteiger partial charge in [0.1, 0.15) is 5.56 Å². The third-order valence-corrected chi connectivity index (χ3v) is 5.53. The molecule has 0 bridgehead atoms. The normalized spacial score (nSPS) is 12.9. The first-order valence-electron chi connectivity index (χ1n) is 10.8. The highest BCUT2D eigenvalue weighted by molar-refractivity contribution is 6.05. The van der Waals surface area contributed by atoms with Crippen LogP contribution in [0, 0.1) is 20.8 Å². The first-order valence-corrected chi connectivity index (χ1v) is 10.8. The highest BCUT2D eigenvalue weighted by Crippen LogP contribution is 2.34. The number of rotatable bonds is 4. The van der Waals surface area contributed by atoms with Gasteiger partial charge in [0.25, 0.3) is 5.91 Å². The largest absolute Gasteiger partial charge is 0.454 e. The second-order valence-electron chi connectivity index (χ2n) is 8.21. The number of aliphatic hydroxyl groups is 1. The summed E-state index contributed by atoms with van der Waals surface area (Å²) in [6.45, 7) is 5.68. The van der Waals surface area contributed by atoms with Crippen molar-refractivity contribution in [1.29, 1.82) is 0 Å². The topological polar surface area (TPSA) is 106 Å². The number of anilines is 1. The standard InChI is InChI=1S/C26H23N3O5/c1-14-6-15(2)8-19(7-14)29-26-21(10-20-17(12-30)11-27-16(3)24(20)34-26)25(31)28-18-4-5-22-23(9-18)33-13-32-22/h4-11,30H,12-13H2,1-3H3,(H,28,31). The van der Waals surface area contributed by atoms with Gasteiger partial charge in [0.15, 0.2) is 17.1 Å². The Morgan fingerprint density at radius 3 is 2.59 bits per heavy atom. The molecule has 0 atom stereocenters. The van der Waals surface area contributed by atoms with Crippen LogP contribution in [0.25, 0.3) is 11.0 Å². The van der Waals surface area contributed by atoms with E-state index in [1.807, 2.05) is 32.0 Å². The molecule has 0 aliphatic carbocycles. The molecular formula is C26H23N3O5. The van der Waals surface area contributed by atoms with Crippen LogP contribution in [0.3, 0.4) is 0 Å². The number of hydrogen-bond donors (Lipinski definition) is 2. The number of fused-ring (bicyclic) bond motifs is 2. The number of aryl methyl sites for hydroxylation is 3. The van der Waals surface area contributed by atoms with E-state index in [-0.39, 0.29) is 24.5 Å². The van der Waals surface area contributed by atoms with Gasteiger partial charge in [-0.3, -0.25) is 9.78 Å². The number of benzene rings is 2. The van der Waals surface area contributed by atoms with Crippen molar-refractivity contribution in [1.82, 2.24) is 4.98 Å². The summed E-state index contributed by atoms with van der Waals surface area (Å²) in [7, 11) is 0. The lowest BCUT2D eigenvalue weighted by atomic mass is 10.1. The molecule has 2 N–H and O–H groups in total. The SMILES string of the molecule is Cc1cc(C)cc(N=c2oc3c(C)ncc(CO)c3cc2C(=O)Nc2ccc3c(c2)OCO3)c1. The molecule has 2 aromatic carbocycles. The number of nitrogens with zero attached hydrogens (tertiary/aromatic N) is 2. The van der Waals surface area contributed by atoms with E-state index in [9.17, 15) is 9.90 Å². The molecule has 1 aliphatic rings. The predicted molar refractivity (Wildman–Crippen MR) is 126 cm³/mol. The Morgan fingerprint density at radius 1 is 1.06 bits per heavy atom. The molecule has 1 amide bonds. The Bertz CT molecular complexity index is 1490. The Balaban J connectivity index is 1.67. The van der Waals surface area contributed by atoms with Crippen molar-refractivity contribution in [2.24, 2.45) is 4.99 Å². The van der Waals surface area contributed by atoms with Crippen molar-refractivity contribution < 1.29 is 23.8 Å². The van der Waals surface area contributed by atoms with Gasteiger partial charge in [0.2, 0.25) is 12.3 Å². The van der Waals surface area contributed by atoms with Gasteiger partial charge in [-0.25, -0.2) is 4.99 Å². The maximum absolute atomic E-state index is 13.4. The van der Waals surface area contributed by atoms with Crippen molar-refractivity contribution in [3.8, 4) is 11.5 Å².